The summed E-state index contributed by atoms with van der Waals surface area (Å²) in [4.78, 5) is 33.4. The Balaban J connectivity index is 1.30. The molecule has 7 nitrogen and oxygen atoms in total. The molecule has 4 rings (SSSR count). The lowest BCUT2D eigenvalue weighted by molar-refractivity contribution is 0.0128. The Bertz CT molecular complexity index is 1070. The maximum Gasteiger partial charge on any atom is 0.410 e. The zero-order chi connectivity index (χ0) is 25.2. The van der Waals surface area contributed by atoms with Gasteiger partial charge in [-0.25, -0.2) is 4.79 Å². The molecule has 2 aliphatic rings. The van der Waals surface area contributed by atoms with E-state index in [-0.39, 0.29) is 11.9 Å². The van der Waals surface area contributed by atoms with Crippen LogP contribution in [0.3, 0.4) is 0 Å². The molecule has 8 heteroatoms. The van der Waals surface area contributed by atoms with Crippen molar-refractivity contribution in [2.24, 2.45) is 5.92 Å². The fraction of sp³-hybridized carbons (Fsp3) is 0.593. The number of pyridine rings is 1. The molecule has 2 heterocycles. The summed E-state index contributed by atoms with van der Waals surface area (Å²) in [7, 11) is 0. The second-order valence-corrected chi connectivity index (χ2v) is 11.8. The van der Waals surface area contributed by atoms with Gasteiger partial charge in [0.05, 0.1) is 16.8 Å². The first-order chi connectivity index (χ1) is 16.6. The molecule has 1 amide bonds. The zero-order valence-corrected chi connectivity index (χ0v) is 22.9. The van der Waals surface area contributed by atoms with Crippen LogP contribution in [0.1, 0.15) is 63.7 Å². The van der Waals surface area contributed by atoms with Crippen LogP contribution in [-0.4, -0.2) is 71.0 Å². The average molecular weight is 546 g/mol. The van der Waals surface area contributed by atoms with Gasteiger partial charge >= 0.3 is 6.09 Å². The molecule has 1 saturated carbocycles. The van der Waals surface area contributed by atoms with E-state index in [9.17, 15) is 9.59 Å². The van der Waals surface area contributed by atoms with E-state index in [1.54, 1.807) is 13.1 Å². The summed E-state index contributed by atoms with van der Waals surface area (Å²) in [5.74, 6) is 0.692. The second kappa shape index (κ2) is 10.8. The monoisotopic (exact) mass is 544 g/mol. The molecular formula is C27H37BrN4O3. The van der Waals surface area contributed by atoms with Crippen LogP contribution in [0.4, 0.5) is 10.5 Å². The first kappa shape index (κ1) is 25.9. The molecule has 2 aromatic rings. The van der Waals surface area contributed by atoms with Crippen LogP contribution in [-0.2, 0) is 4.74 Å². The quantitative estimate of drug-likeness (QED) is 0.485. The average Bonchev–Trinajstić information content (AvgIpc) is 2.80. The number of amides is 1. The molecule has 190 valence electrons. The maximum atomic E-state index is 12.3. The number of carbonyl (C=O) groups excluding carboxylic acids is 2. The number of anilines is 1. The van der Waals surface area contributed by atoms with Crippen molar-refractivity contribution in [3.05, 3.63) is 34.4 Å². The Labute approximate surface area is 216 Å². The van der Waals surface area contributed by atoms with E-state index in [1.165, 1.54) is 0 Å². The van der Waals surface area contributed by atoms with Crippen molar-refractivity contribution in [1.29, 1.82) is 0 Å². The molecule has 2 fully saturated rings. The van der Waals surface area contributed by atoms with Gasteiger partial charge in [0.15, 0.2) is 5.78 Å². The van der Waals surface area contributed by atoms with E-state index in [0.29, 0.717) is 17.5 Å². The van der Waals surface area contributed by atoms with Gasteiger partial charge < -0.3 is 15.0 Å². The molecule has 1 aliphatic carbocycles. The standard InChI is InChI=1S/C27H37BrN4O3/c1-18(33)23-16-29-24-10-7-20(28)15-22(24)25(23)30-21-8-5-19(6-9-21)17-31-11-13-32(14-12-31)26(34)35-27(2,3)4/h7,10,15-16,19,21H,5-6,8-9,11-14,17H2,1-4H3,(H,29,30). The van der Waals surface area contributed by atoms with Crippen molar-refractivity contribution in [3.63, 3.8) is 0 Å². The number of nitrogens with one attached hydrogen (secondary N) is 1. The highest BCUT2D eigenvalue weighted by Crippen LogP contribution is 2.33. The summed E-state index contributed by atoms with van der Waals surface area (Å²) < 4.78 is 6.49. The van der Waals surface area contributed by atoms with E-state index in [0.717, 1.165) is 79.5 Å². The third-order valence-corrected chi connectivity index (χ3v) is 7.44. The van der Waals surface area contributed by atoms with Crippen molar-refractivity contribution in [2.75, 3.05) is 38.0 Å². The predicted octanol–water partition coefficient (Wildman–Crippen LogP) is 5.72. The Hall–Kier alpha value is -2.19. The van der Waals surface area contributed by atoms with Crippen LogP contribution in [0, 0.1) is 5.92 Å². The lowest BCUT2D eigenvalue weighted by atomic mass is 9.85. The third-order valence-electron chi connectivity index (χ3n) is 6.94. The van der Waals surface area contributed by atoms with Gasteiger partial charge in [0.25, 0.3) is 0 Å². The minimum atomic E-state index is -0.453. The number of rotatable bonds is 5. The topological polar surface area (TPSA) is 74.8 Å². The number of piperazine rings is 1. The van der Waals surface area contributed by atoms with Gasteiger partial charge in [-0.3, -0.25) is 14.7 Å². The molecule has 0 unspecified atom stereocenters. The van der Waals surface area contributed by atoms with Crippen molar-refractivity contribution in [3.8, 4) is 0 Å². The van der Waals surface area contributed by atoms with E-state index >= 15 is 0 Å². The number of ketones is 1. The summed E-state index contributed by atoms with van der Waals surface area (Å²) in [6, 6.07) is 6.34. The van der Waals surface area contributed by atoms with Crippen LogP contribution < -0.4 is 5.32 Å². The Morgan fingerprint density at radius 1 is 1.11 bits per heavy atom. The van der Waals surface area contributed by atoms with Crippen molar-refractivity contribution < 1.29 is 14.3 Å². The van der Waals surface area contributed by atoms with Crippen LogP contribution >= 0.6 is 15.9 Å². The molecule has 1 aliphatic heterocycles. The molecule has 1 aromatic carbocycles. The normalized spacial score (nSPS) is 21.7. The summed E-state index contributed by atoms with van der Waals surface area (Å²) >= 11 is 3.56. The molecule has 1 N–H and O–H groups in total. The number of Topliss-reactive ketones (excluding diaryl/α,β-unsaturated/α-hetero) is 1. The highest BCUT2D eigenvalue weighted by molar-refractivity contribution is 9.10. The maximum absolute atomic E-state index is 12.3. The number of ether oxygens (including phenoxy) is 1. The van der Waals surface area contributed by atoms with Gasteiger partial charge in [-0.2, -0.15) is 0 Å². The van der Waals surface area contributed by atoms with Crippen LogP contribution in [0.2, 0.25) is 0 Å². The Kier molecular flexibility index (Phi) is 8.01. The predicted molar refractivity (Wildman–Crippen MR) is 143 cm³/mol. The first-order valence-corrected chi connectivity index (χ1v) is 13.4. The van der Waals surface area contributed by atoms with E-state index in [4.69, 9.17) is 4.74 Å². The van der Waals surface area contributed by atoms with Crippen LogP contribution in [0.25, 0.3) is 10.9 Å². The zero-order valence-electron chi connectivity index (χ0n) is 21.3. The van der Waals surface area contributed by atoms with Gasteiger partial charge in [0.1, 0.15) is 5.60 Å². The second-order valence-electron chi connectivity index (χ2n) is 10.9. The number of hydrogen-bond acceptors (Lipinski definition) is 6. The number of aromatic nitrogens is 1. The van der Waals surface area contributed by atoms with Crippen molar-refractivity contribution in [1.82, 2.24) is 14.8 Å². The lowest BCUT2D eigenvalue weighted by Gasteiger charge is -2.38. The Morgan fingerprint density at radius 2 is 1.80 bits per heavy atom. The van der Waals surface area contributed by atoms with E-state index < -0.39 is 5.60 Å². The molecule has 1 saturated heterocycles. The molecule has 35 heavy (non-hydrogen) atoms. The van der Waals surface area contributed by atoms with Gasteiger partial charge in [0, 0.05) is 54.8 Å². The molecule has 1 aromatic heterocycles. The van der Waals surface area contributed by atoms with Gasteiger partial charge in [0.2, 0.25) is 0 Å². The number of halogens is 1. The van der Waals surface area contributed by atoms with Gasteiger partial charge in [-0.15, -0.1) is 0 Å². The third kappa shape index (κ3) is 6.73. The highest BCUT2D eigenvalue weighted by Gasteiger charge is 2.29. The molecule has 0 radical (unpaired) electrons. The summed E-state index contributed by atoms with van der Waals surface area (Å²) in [5.41, 5.74) is 2.00. The number of nitrogens with zero attached hydrogens (tertiary/aromatic N) is 3. The van der Waals surface area contributed by atoms with Crippen molar-refractivity contribution >= 4 is 44.4 Å². The summed E-state index contributed by atoms with van der Waals surface area (Å²) in [6.45, 7) is 11.7. The van der Waals surface area contributed by atoms with Crippen LogP contribution in [0.15, 0.2) is 28.9 Å². The smallest absolute Gasteiger partial charge is 0.410 e. The fourth-order valence-corrected chi connectivity index (χ4v) is 5.45. The van der Waals surface area contributed by atoms with Gasteiger partial charge in [-0.05, 0) is 77.5 Å². The molecular weight excluding hydrogens is 508 g/mol. The SMILES string of the molecule is CC(=O)c1cnc2ccc(Br)cc2c1NC1CCC(CN2CCN(C(=O)OC(C)(C)C)CC2)CC1. The number of benzene rings is 1. The van der Waals surface area contributed by atoms with E-state index in [2.05, 4.69) is 31.1 Å². The number of fused-ring (bicyclic) bond motifs is 1. The van der Waals surface area contributed by atoms with E-state index in [1.807, 2.05) is 43.9 Å². The molecule has 0 atom stereocenters. The fourth-order valence-electron chi connectivity index (χ4n) is 5.09. The molecule has 0 bridgehead atoms. The first-order valence-electron chi connectivity index (χ1n) is 12.6. The Morgan fingerprint density at radius 3 is 2.43 bits per heavy atom. The summed E-state index contributed by atoms with van der Waals surface area (Å²) in [6.07, 6.45) is 5.97. The largest absolute Gasteiger partial charge is 0.444 e. The number of hydrogen-bond donors (Lipinski definition) is 1. The van der Waals surface area contributed by atoms with Crippen LogP contribution in [0.5, 0.6) is 0 Å². The summed E-state index contributed by atoms with van der Waals surface area (Å²) in [5, 5.41) is 4.69. The lowest BCUT2D eigenvalue weighted by Crippen LogP contribution is -2.51. The van der Waals surface area contributed by atoms with Crippen molar-refractivity contribution in [2.45, 2.75) is 65.0 Å². The number of carbonyl (C=O) groups is 2. The highest BCUT2D eigenvalue weighted by atomic mass is 79.9. The minimum Gasteiger partial charge on any atom is -0.444 e. The molecule has 0 spiro atoms. The van der Waals surface area contributed by atoms with Gasteiger partial charge in [-0.1, -0.05) is 15.9 Å². The minimum absolute atomic E-state index is 0.0288.